The van der Waals surface area contributed by atoms with Gasteiger partial charge in [-0.25, -0.2) is 0 Å². The van der Waals surface area contributed by atoms with E-state index in [-0.39, 0.29) is 0 Å². The molecular formula is C35H19N3O+2. The van der Waals surface area contributed by atoms with Gasteiger partial charge in [-0.15, -0.1) is 9.13 Å². The summed E-state index contributed by atoms with van der Waals surface area (Å²) in [5.41, 5.74) is 6.80. The van der Waals surface area contributed by atoms with Crippen molar-refractivity contribution < 1.29 is 13.9 Å². The van der Waals surface area contributed by atoms with Gasteiger partial charge in [0.15, 0.2) is 6.20 Å². The first-order chi connectivity index (χ1) is 19.4. The summed E-state index contributed by atoms with van der Waals surface area (Å²) in [6.07, 6.45) is 2.25. The largest absolute Gasteiger partial charge is 0.422 e. The molecule has 0 fully saturated rings. The Bertz CT molecular complexity index is 2490. The van der Waals surface area contributed by atoms with Crippen molar-refractivity contribution in [2.24, 2.45) is 0 Å². The number of pyridine rings is 3. The van der Waals surface area contributed by atoms with E-state index in [2.05, 4.69) is 129 Å². The molecule has 0 amide bonds. The van der Waals surface area contributed by atoms with E-state index < -0.39 is 5.66 Å². The number of aromatic nitrogens is 3. The maximum Gasteiger partial charge on any atom is 0.407 e. The second-order valence-corrected chi connectivity index (χ2v) is 10.9. The third-order valence-electron chi connectivity index (χ3n) is 9.34. The van der Waals surface area contributed by atoms with Gasteiger partial charge >= 0.3 is 11.3 Å². The highest BCUT2D eigenvalue weighted by molar-refractivity contribution is 6.27. The molecule has 4 aromatic heterocycles. The first-order valence-corrected chi connectivity index (χ1v) is 13.5. The number of hydrogen-bond donors (Lipinski definition) is 0. The molecule has 4 heteroatoms. The molecule has 4 nitrogen and oxygen atoms in total. The van der Waals surface area contributed by atoms with E-state index in [1.54, 1.807) is 0 Å². The van der Waals surface area contributed by atoms with Gasteiger partial charge in [0.05, 0.1) is 10.9 Å². The summed E-state index contributed by atoms with van der Waals surface area (Å²) in [6, 6.07) is 39.8. The van der Waals surface area contributed by atoms with E-state index in [0.717, 1.165) is 11.6 Å². The molecule has 0 N–H and O–H groups in total. The maximum atomic E-state index is 6.73. The highest BCUT2D eigenvalue weighted by Crippen LogP contribution is 2.55. The first-order valence-electron chi connectivity index (χ1n) is 13.5. The standard InChI is InChI=1S/C35H19N3O/c1-2-9-21-20(8-1)15-16-25-30(21)26-17-18-29-38-34(26)37-32(25)22-10-3-4-11-23(22)33(37)35(38)31-24(12-7-14-28(31)39-29)27-13-5-6-19-36(27)35/h1-19H/q+2. The highest BCUT2D eigenvalue weighted by Gasteiger charge is 2.70. The number of hydrogen-bond acceptors (Lipinski definition) is 1. The average Bonchev–Trinajstić information content (AvgIpc) is 3.61. The Kier molecular flexibility index (Phi) is 2.87. The fourth-order valence-electron chi connectivity index (χ4n) is 8.09. The van der Waals surface area contributed by atoms with Crippen LogP contribution in [0.1, 0.15) is 11.3 Å². The number of fused-ring (bicyclic) bond motifs is 10. The second-order valence-electron chi connectivity index (χ2n) is 10.9. The van der Waals surface area contributed by atoms with Gasteiger partial charge in [-0.3, -0.25) is 0 Å². The minimum atomic E-state index is -0.586. The van der Waals surface area contributed by atoms with E-state index in [4.69, 9.17) is 4.74 Å². The Labute approximate surface area is 222 Å². The molecule has 3 aliphatic heterocycles. The van der Waals surface area contributed by atoms with Gasteiger partial charge in [-0.05, 0) is 53.2 Å². The third kappa shape index (κ3) is 1.79. The molecule has 0 aliphatic carbocycles. The molecule has 7 heterocycles. The van der Waals surface area contributed by atoms with Crippen LogP contribution in [0.2, 0.25) is 0 Å². The van der Waals surface area contributed by atoms with Gasteiger partial charge in [0.25, 0.3) is 5.88 Å². The Morgan fingerprint density at radius 3 is 2.41 bits per heavy atom. The van der Waals surface area contributed by atoms with Gasteiger partial charge in [-0.1, -0.05) is 48.5 Å². The van der Waals surface area contributed by atoms with Crippen LogP contribution in [0.5, 0.6) is 11.6 Å². The SMILES string of the molecule is c1cc2c3c(c1)-c1cccc[n+]1C31c3c4ccccc4c4c5ccc6ccccc6c5c5ccc([n+]1c5n34)O2. The van der Waals surface area contributed by atoms with E-state index >= 15 is 0 Å². The van der Waals surface area contributed by atoms with Crippen molar-refractivity contribution in [3.8, 4) is 22.9 Å². The third-order valence-corrected chi connectivity index (χ3v) is 9.34. The number of benzene rings is 4. The van der Waals surface area contributed by atoms with Crippen LogP contribution < -0.4 is 13.9 Å². The number of rotatable bonds is 0. The molecule has 8 aromatic rings. The number of nitrogens with zero attached hydrogens (tertiary/aromatic N) is 3. The fraction of sp³-hybridized carbons (Fsp3) is 0.0286. The summed E-state index contributed by atoms with van der Waals surface area (Å²) < 4.78 is 14.2. The zero-order valence-corrected chi connectivity index (χ0v) is 20.7. The normalized spacial score (nSPS) is 17.5. The Balaban J connectivity index is 1.54. The summed E-state index contributed by atoms with van der Waals surface area (Å²) in [4.78, 5) is 0. The van der Waals surface area contributed by atoms with Crippen LogP contribution in [0, 0.1) is 0 Å². The Hall–Kier alpha value is -5.22. The molecule has 3 aliphatic rings. The lowest BCUT2D eigenvalue weighted by molar-refractivity contribution is -0.952. The van der Waals surface area contributed by atoms with E-state index in [0.29, 0.717) is 0 Å². The lowest BCUT2D eigenvalue weighted by Crippen LogP contribution is -2.72. The molecule has 4 aromatic carbocycles. The summed E-state index contributed by atoms with van der Waals surface area (Å²) in [6.45, 7) is 0. The van der Waals surface area contributed by atoms with Crippen molar-refractivity contribution in [2.45, 2.75) is 5.66 Å². The summed E-state index contributed by atoms with van der Waals surface area (Å²) in [5, 5.41) is 8.93. The molecule has 11 rings (SSSR count). The van der Waals surface area contributed by atoms with Gasteiger partial charge in [0.1, 0.15) is 16.8 Å². The van der Waals surface area contributed by atoms with E-state index in [1.165, 1.54) is 71.4 Å². The van der Waals surface area contributed by atoms with Crippen LogP contribution in [-0.4, -0.2) is 4.40 Å². The van der Waals surface area contributed by atoms with Crippen molar-refractivity contribution in [2.75, 3.05) is 0 Å². The van der Waals surface area contributed by atoms with Crippen molar-refractivity contribution in [1.82, 2.24) is 4.40 Å². The van der Waals surface area contributed by atoms with Crippen LogP contribution >= 0.6 is 0 Å². The summed E-state index contributed by atoms with van der Waals surface area (Å²) in [7, 11) is 0. The molecule has 178 valence electrons. The van der Waals surface area contributed by atoms with Crippen LogP contribution in [0.3, 0.4) is 0 Å². The van der Waals surface area contributed by atoms with Crippen molar-refractivity contribution in [1.29, 1.82) is 0 Å². The minimum Gasteiger partial charge on any atom is -0.422 e. The Morgan fingerprint density at radius 2 is 1.46 bits per heavy atom. The summed E-state index contributed by atoms with van der Waals surface area (Å²) >= 11 is 0. The molecule has 0 saturated heterocycles. The van der Waals surface area contributed by atoms with Crippen LogP contribution in [0.4, 0.5) is 0 Å². The quantitative estimate of drug-likeness (QED) is 0.166. The molecule has 0 bridgehead atoms. The maximum absolute atomic E-state index is 6.73. The predicted octanol–water partition coefficient (Wildman–Crippen LogP) is 6.82. The van der Waals surface area contributed by atoms with E-state index in [9.17, 15) is 0 Å². The average molecular weight is 498 g/mol. The Morgan fingerprint density at radius 1 is 0.641 bits per heavy atom. The number of ether oxygens (including phenoxy) is 1. The molecule has 0 radical (unpaired) electrons. The fourth-order valence-corrected chi connectivity index (χ4v) is 8.09. The molecular weight excluding hydrogens is 478 g/mol. The van der Waals surface area contributed by atoms with Crippen LogP contribution in [0.15, 0.2) is 115 Å². The highest BCUT2D eigenvalue weighted by atomic mass is 16.5. The van der Waals surface area contributed by atoms with Gasteiger partial charge in [0.2, 0.25) is 11.4 Å². The minimum absolute atomic E-state index is 0.586. The van der Waals surface area contributed by atoms with Crippen molar-refractivity contribution in [3.05, 3.63) is 127 Å². The monoisotopic (exact) mass is 497 g/mol. The van der Waals surface area contributed by atoms with E-state index in [1.807, 2.05) is 0 Å². The van der Waals surface area contributed by atoms with Gasteiger partial charge in [-0.2, -0.15) is 4.40 Å². The smallest absolute Gasteiger partial charge is 0.407 e. The molecule has 1 spiro atoms. The van der Waals surface area contributed by atoms with Gasteiger partial charge < -0.3 is 4.74 Å². The van der Waals surface area contributed by atoms with Crippen LogP contribution in [0.25, 0.3) is 60.1 Å². The lowest BCUT2D eigenvalue weighted by atomic mass is 9.90. The van der Waals surface area contributed by atoms with Gasteiger partial charge in [0, 0.05) is 39.7 Å². The molecule has 1 atom stereocenters. The zero-order chi connectivity index (χ0) is 25.0. The molecule has 1 unspecified atom stereocenters. The topological polar surface area (TPSA) is 21.4 Å². The predicted molar refractivity (Wildman–Crippen MR) is 151 cm³/mol. The van der Waals surface area contributed by atoms with Crippen molar-refractivity contribution >= 4 is 48.9 Å². The second kappa shape index (κ2) is 5.92. The first kappa shape index (κ1) is 18.9. The molecule has 0 saturated carbocycles. The van der Waals surface area contributed by atoms with Crippen LogP contribution in [-0.2, 0) is 5.66 Å². The zero-order valence-electron chi connectivity index (χ0n) is 20.7. The lowest BCUT2D eigenvalue weighted by Gasteiger charge is -2.26. The summed E-state index contributed by atoms with van der Waals surface area (Å²) in [5.74, 6) is 1.79. The molecule has 39 heavy (non-hydrogen) atoms. The van der Waals surface area contributed by atoms with Crippen molar-refractivity contribution in [3.63, 3.8) is 0 Å².